The van der Waals surface area contributed by atoms with Crippen molar-refractivity contribution >= 4 is 0 Å². The number of nitrogens with zero attached hydrogens (tertiary/aromatic N) is 1. The van der Waals surface area contributed by atoms with Crippen LogP contribution in [-0.4, -0.2) is 30.1 Å². The normalized spacial score (nSPS) is 33.5. The fourth-order valence-corrected chi connectivity index (χ4v) is 3.82. The van der Waals surface area contributed by atoms with E-state index < -0.39 is 0 Å². The minimum absolute atomic E-state index is 0.678. The number of hydrogen-bond donors (Lipinski definition) is 1. The zero-order valence-electron chi connectivity index (χ0n) is 11.5. The van der Waals surface area contributed by atoms with E-state index in [1.54, 1.807) is 0 Å². The Labute approximate surface area is 107 Å². The van der Waals surface area contributed by atoms with Crippen molar-refractivity contribution in [1.82, 2.24) is 4.90 Å². The molecule has 0 aromatic carbocycles. The van der Waals surface area contributed by atoms with Gasteiger partial charge in [-0.05, 0) is 38.1 Å². The molecule has 2 heteroatoms. The Morgan fingerprint density at radius 1 is 1.06 bits per heavy atom. The van der Waals surface area contributed by atoms with E-state index in [2.05, 4.69) is 11.8 Å². The van der Waals surface area contributed by atoms with Crippen LogP contribution in [0.1, 0.15) is 64.7 Å². The number of likely N-dealkylation sites (tertiary alicyclic amines) is 1. The topological polar surface area (TPSA) is 29.3 Å². The smallest absolute Gasteiger partial charge is 0.0223 e. The van der Waals surface area contributed by atoms with Gasteiger partial charge in [0.05, 0.1) is 0 Å². The van der Waals surface area contributed by atoms with Crippen LogP contribution >= 0.6 is 0 Å². The van der Waals surface area contributed by atoms with Gasteiger partial charge in [-0.3, -0.25) is 4.90 Å². The van der Waals surface area contributed by atoms with Gasteiger partial charge in [0.2, 0.25) is 0 Å². The van der Waals surface area contributed by atoms with Crippen LogP contribution in [0, 0.1) is 5.92 Å². The van der Waals surface area contributed by atoms with Crippen molar-refractivity contribution in [3.05, 3.63) is 0 Å². The predicted octanol–water partition coefficient (Wildman–Crippen LogP) is 3.16. The fourth-order valence-electron chi connectivity index (χ4n) is 3.82. The first-order chi connectivity index (χ1) is 8.35. The van der Waals surface area contributed by atoms with Crippen LogP contribution < -0.4 is 5.73 Å². The van der Waals surface area contributed by atoms with Gasteiger partial charge in [0.15, 0.2) is 0 Å². The summed E-state index contributed by atoms with van der Waals surface area (Å²) in [5, 5.41) is 0. The molecule has 1 aliphatic heterocycles. The van der Waals surface area contributed by atoms with Gasteiger partial charge < -0.3 is 5.73 Å². The first-order valence-electron chi connectivity index (χ1n) is 7.81. The Hall–Kier alpha value is -0.0800. The molecule has 2 atom stereocenters. The second kappa shape index (κ2) is 6.75. The minimum Gasteiger partial charge on any atom is -0.329 e. The zero-order chi connectivity index (χ0) is 12.1. The molecule has 0 aromatic rings. The lowest BCUT2D eigenvalue weighted by atomic mass is 9.87. The quantitative estimate of drug-likeness (QED) is 0.765. The summed E-state index contributed by atoms with van der Waals surface area (Å²) >= 11 is 0. The average molecular weight is 238 g/mol. The first-order valence-corrected chi connectivity index (χ1v) is 7.81. The Morgan fingerprint density at radius 2 is 1.76 bits per heavy atom. The largest absolute Gasteiger partial charge is 0.329 e. The van der Waals surface area contributed by atoms with Crippen LogP contribution in [0.2, 0.25) is 0 Å². The molecule has 0 amide bonds. The van der Waals surface area contributed by atoms with Crippen molar-refractivity contribution < 1.29 is 0 Å². The van der Waals surface area contributed by atoms with E-state index in [-0.39, 0.29) is 0 Å². The molecule has 0 aromatic heterocycles. The maximum atomic E-state index is 6.01. The van der Waals surface area contributed by atoms with Crippen LogP contribution in [-0.2, 0) is 0 Å². The summed E-state index contributed by atoms with van der Waals surface area (Å²) < 4.78 is 0. The van der Waals surface area contributed by atoms with Crippen LogP contribution in [0.25, 0.3) is 0 Å². The number of piperidine rings is 1. The third-order valence-corrected chi connectivity index (χ3v) is 5.01. The summed E-state index contributed by atoms with van der Waals surface area (Å²) in [7, 11) is 0. The minimum atomic E-state index is 0.678. The van der Waals surface area contributed by atoms with E-state index >= 15 is 0 Å². The summed E-state index contributed by atoms with van der Waals surface area (Å²) in [5.74, 6) is 0.936. The second-order valence-corrected chi connectivity index (χ2v) is 6.07. The molecule has 1 aliphatic carbocycles. The van der Waals surface area contributed by atoms with Crippen molar-refractivity contribution in [3.63, 3.8) is 0 Å². The molecular formula is C15H30N2. The van der Waals surface area contributed by atoms with Gasteiger partial charge in [-0.25, -0.2) is 0 Å². The molecule has 2 fully saturated rings. The zero-order valence-corrected chi connectivity index (χ0v) is 11.5. The van der Waals surface area contributed by atoms with E-state index in [1.165, 1.54) is 64.3 Å². The van der Waals surface area contributed by atoms with Crippen molar-refractivity contribution in [1.29, 1.82) is 0 Å². The summed E-state index contributed by atoms with van der Waals surface area (Å²) in [4.78, 5) is 2.78. The maximum Gasteiger partial charge on any atom is 0.0223 e. The Morgan fingerprint density at radius 3 is 2.35 bits per heavy atom. The van der Waals surface area contributed by atoms with Crippen molar-refractivity contribution in [2.24, 2.45) is 11.7 Å². The summed E-state index contributed by atoms with van der Waals surface area (Å²) in [5.41, 5.74) is 6.01. The van der Waals surface area contributed by atoms with Gasteiger partial charge in [-0.2, -0.15) is 0 Å². The van der Waals surface area contributed by atoms with Crippen molar-refractivity contribution in [3.8, 4) is 0 Å². The molecular weight excluding hydrogens is 208 g/mol. The van der Waals surface area contributed by atoms with Gasteiger partial charge in [0, 0.05) is 18.6 Å². The van der Waals surface area contributed by atoms with Gasteiger partial charge in [0.25, 0.3) is 0 Å². The Balaban J connectivity index is 1.93. The highest BCUT2D eigenvalue weighted by molar-refractivity contribution is 4.87. The lowest BCUT2D eigenvalue weighted by molar-refractivity contribution is 0.0630. The SMILES string of the molecule is CCC1CCN(C2CCCCCC2)C(CN)C1. The average Bonchev–Trinajstić information content (AvgIpc) is 2.66. The fraction of sp³-hybridized carbons (Fsp3) is 1.00. The number of rotatable bonds is 3. The molecule has 1 saturated heterocycles. The van der Waals surface area contributed by atoms with Crippen LogP contribution in [0.3, 0.4) is 0 Å². The monoisotopic (exact) mass is 238 g/mol. The van der Waals surface area contributed by atoms with Crippen molar-refractivity contribution in [2.45, 2.75) is 76.8 Å². The summed E-state index contributed by atoms with van der Waals surface area (Å²) in [6.45, 7) is 4.51. The second-order valence-electron chi connectivity index (χ2n) is 6.07. The van der Waals surface area contributed by atoms with Crippen molar-refractivity contribution in [2.75, 3.05) is 13.1 Å². The van der Waals surface area contributed by atoms with Crippen LogP contribution in [0.4, 0.5) is 0 Å². The molecule has 2 N–H and O–H groups in total. The van der Waals surface area contributed by atoms with Gasteiger partial charge >= 0.3 is 0 Å². The van der Waals surface area contributed by atoms with Gasteiger partial charge in [0.1, 0.15) is 0 Å². The lowest BCUT2D eigenvalue weighted by Crippen LogP contribution is -2.51. The van der Waals surface area contributed by atoms with E-state index in [4.69, 9.17) is 5.73 Å². The van der Waals surface area contributed by atoms with E-state index in [0.29, 0.717) is 6.04 Å². The maximum absolute atomic E-state index is 6.01. The molecule has 17 heavy (non-hydrogen) atoms. The molecule has 1 heterocycles. The molecule has 2 nitrogen and oxygen atoms in total. The Kier molecular flexibility index (Phi) is 5.30. The number of nitrogens with two attached hydrogens (primary N) is 1. The third kappa shape index (κ3) is 3.45. The molecule has 2 aliphatic rings. The highest BCUT2D eigenvalue weighted by atomic mass is 15.2. The molecule has 100 valence electrons. The molecule has 0 spiro atoms. The molecule has 2 unspecified atom stereocenters. The standard InChI is InChI=1S/C15H30N2/c1-2-13-9-10-17(15(11-13)12-16)14-7-5-3-4-6-8-14/h13-15H,2-12,16H2,1H3. The molecule has 0 bridgehead atoms. The molecule has 0 radical (unpaired) electrons. The van der Waals surface area contributed by atoms with Gasteiger partial charge in [-0.1, -0.05) is 39.0 Å². The number of hydrogen-bond acceptors (Lipinski definition) is 2. The van der Waals surface area contributed by atoms with E-state index in [9.17, 15) is 0 Å². The van der Waals surface area contributed by atoms with E-state index in [0.717, 1.165) is 18.5 Å². The van der Waals surface area contributed by atoms with E-state index in [1.807, 2.05) is 0 Å². The molecule has 2 rings (SSSR count). The van der Waals surface area contributed by atoms with Crippen LogP contribution in [0.15, 0.2) is 0 Å². The van der Waals surface area contributed by atoms with Crippen LogP contribution in [0.5, 0.6) is 0 Å². The third-order valence-electron chi connectivity index (χ3n) is 5.01. The summed E-state index contributed by atoms with van der Waals surface area (Å²) in [6, 6.07) is 1.53. The van der Waals surface area contributed by atoms with Gasteiger partial charge in [-0.15, -0.1) is 0 Å². The predicted molar refractivity (Wildman–Crippen MR) is 74.1 cm³/mol. The Bertz CT molecular complexity index is 209. The highest BCUT2D eigenvalue weighted by Gasteiger charge is 2.31. The highest BCUT2D eigenvalue weighted by Crippen LogP contribution is 2.31. The lowest BCUT2D eigenvalue weighted by Gasteiger charge is -2.43. The molecule has 1 saturated carbocycles. The first kappa shape index (κ1) is 13.4. The summed E-state index contributed by atoms with van der Waals surface area (Å²) in [6.07, 6.45) is 12.7.